The first-order chi connectivity index (χ1) is 16.1. The number of benzene rings is 2. The topological polar surface area (TPSA) is 48.1 Å². The van der Waals surface area contributed by atoms with Gasteiger partial charge in [-0.05, 0) is 68.6 Å². The summed E-state index contributed by atoms with van der Waals surface area (Å²) < 4.78 is 8.27. The predicted molar refractivity (Wildman–Crippen MR) is 135 cm³/mol. The van der Waals surface area contributed by atoms with Crippen LogP contribution in [-0.4, -0.2) is 79.5 Å². The van der Waals surface area contributed by atoms with Crippen LogP contribution in [-0.2, 0) is 17.8 Å². The smallest absolute Gasteiger partial charge is 0.257 e. The molecule has 2 heterocycles. The molecule has 7 heteroatoms. The molecule has 0 saturated carbocycles. The van der Waals surface area contributed by atoms with E-state index < -0.39 is 0 Å². The zero-order valence-electron chi connectivity index (χ0n) is 19.8. The quantitative estimate of drug-likeness (QED) is 0.427. The Bertz CT molecular complexity index is 923. The molecule has 1 amide bonds. The van der Waals surface area contributed by atoms with Gasteiger partial charge in [0.05, 0.1) is 4.90 Å². The van der Waals surface area contributed by atoms with E-state index in [0.29, 0.717) is 12.6 Å². The third-order valence-corrected chi connectivity index (χ3v) is 7.60. The SMILES string of the molecule is CN(C)C1CCN(Sc2ccccc2OCC(=O)NCCCN2CCc3ccccc3C2)C1. The van der Waals surface area contributed by atoms with Gasteiger partial charge in [0.15, 0.2) is 6.61 Å². The van der Waals surface area contributed by atoms with Crippen LogP contribution in [0.3, 0.4) is 0 Å². The number of para-hydroxylation sites is 1. The van der Waals surface area contributed by atoms with Gasteiger partial charge in [0.1, 0.15) is 5.75 Å². The highest BCUT2D eigenvalue weighted by Gasteiger charge is 2.25. The first-order valence-corrected chi connectivity index (χ1v) is 12.7. The van der Waals surface area contributed by atoms with Gasteiger partial charge in [0.25, 0.3) is 5.91 Å². The number of rotatable bonds is 10. The predicted octanol–water partition coefficient (Wildman–Crippen LogP) is 3.27. The fraction of sp³-hybridized carbons (Fsp3) is 0.500. The number of amides is 1. The monoisotopic (exact) mass is 468 g/mol. The van der Waals surface area contributed by atoms with Crippen LogP contribution < -0.4 is 10.1 Å². The zero-order valence-corrected chi connectivity index (χ0v) is 20.7. The van der Waals surface area contributed by atoms with Crippen LogP contribution in [0, 0.1) is 0 Å². The summed E-state index contributed by atoms with van der Waals surface area (Å²) in [5.74, 6) is 0.713. The van der Waals surface area contributed by atoms with Crippen LogP contribution >= 0.6 is 11.9 Å². The Labute approximate surface area is 202 Å². The molecule has 0 radical (unpaired) electrons. The second-order valence-corrected chi connectivity index (χ2v) is 10.3. The Balaban J connectivity index is 1.15. The largest absolute Gasteiger partial charge is 0.483 e. The number of nitrogens with one attached hydrogen (secondary N) is 1. The Morgan fingerprint density at radius 2 is 1.91 bits per heavy atom. The number of hydrogen-bond donors (Lipinski definition) is 1. The molecule has 4 rings (SSSR count). The van der Waals surface area contributed by atoms with E-state index in [-0.39, 0.29) is 12.5 Å². The summed E-state index contributed by atoms with van der Waals surface area (Å²) in [6, 6.07) is 17.3. The normalized spacial score (nSPS) is 18.9. The Hall–Kier alpha value is -2.06. The Kier molecular flexibility index (Phi) is 8.67. The van der Waals surface area contributed by atoms with Crippen molar-refractivity contribution >= 4 is 17.9 Å². The molecule has 6 nitrogen and oxygen atoms in total. The van der Waals surface area contributed by atoms with Gasteiger partial charge >= 0.3 is 0 Å². The molecule has 1 saturated heterocycles. The lowest BCUT2D eigenvalue weighted by atomic mass is 10.00. The maximum atomic E-state index is 12.3. The minimum Gasteiger partial charge on any atom is -0.483 e. The van der Waals surface area contributed by atoms with Crippen molar-refractivity contribution in [2.75, 3.05) is 53.4 Å². The maximum Gasteiger partial charge on any atom is 0.257 e. The highest BCUT2D eigenvalue weighted by Crippen LogP contribution is 2.34. The van der Waals surface area contributed by atoms with Crippen molar-refractivity contribution < 1.29 is 9.53 Å². The molecule has 33 heavy (non-hydrogen) atoms. The number of carbonyl (C=O) groups excluding carboxylic acids is 1. The van der Waals surface area contributed by atoms with Crippen molar-refractivity contribution in [3.05, 3.63) is 59.7 Å². The molecule has 2 aromatic rings. The average molecular weight is 469 g/mol. The number of carbonyl (C=O) groups is 1. The molecule has 1 fully saturated rings. The standard InChI is InChI=1S/C26H36N4O2S/c1-28(2)23-13-17-30(19-23)33-25-11-6-5-10-24(25)32-20-26(31)27-14-7-15-29-16-12-21-8-3-4-9-22(21)18-29/h3-6,8-11,23H,7,12-20H2,1-2H3,(H,27,31). The number of fused-ring (bicyclic) bond motifs is 1. The molecule has 0 aromatic heterocycles. The van der Waals surface area contributed by atoms with Crippen molar-refractivity contribution in [1.82, 2.24) is 19.4 Å². The molecule has 0 spiro atoms. The van der Waals surface area contributed by atoms with Gasteiger partial charge in [-0.15, -0.1) is 0 Å². The van der Waals surface area contributed by atoms with E-state index in [1.165, 1.54) is 17.5 Å². The van der Waals surface area contributed by atoms with E-state index >= 15 is 0 Å². The first kappa shape index (κ1) is 24.1. The molecule has 178 valence electrons. The van der Waals surface area contributed by atoms with Gasteiger partial charge in [-0.3, -0.25) is 9.69 Å². The number of ether oxygens (including phenoxy) is 1. The minimum atomic E-state index is -0.0624. The second-order valence-electron chi connectivity index (χ2n) is 9.12. The van der Waals surface area contributed by atoms with Crippen molar-refractivity contribution in [3.8, 4) is 5.75 Å². The van der Waals surface area contributed by atoms with Gasteiger partial charge in [-0.2, -0.15) is 0 Å². The minimum absolute atomic E-state index is 0.0506. The Morgan fingerprint density at radius 3 is 2.73 bits per heavy atom. The van der Waals surface area contributed by atoms with Crippen LogP contribution in [0.4, 0.5) is 0 Å². The van der Waals surface area contributed by atoms with E-state index in [2.05, 4.69) is 63.8 Å². The van der Waals surface area contributed by atoms with Gasteiger partial charge in [0.2, 0.25) is 0 Å². The third kappa shape index (κ3) is 6.96. The number of hydrogen-bond acceptors (Lipinski definition) is 6. The van der Waals surface area contributed by atoms with Crippen LogP contribution in [0.5, 0.6) is 5.75 Å². The maximum absolute atomic E-state index is 12.3. The summed E-state index contributed by atoms with van der Waals surface area (Å²) in [5, 5.41) is 3.01. The molecular weight excluding hydrogens is 432 g/mol. The Morgan fingerprint density at radius 1 is 1.12 bits per heavy atom. The van der Waals surface area contributed by atoms with Crippen molar-refractivity contribution in [1.29, 1.82) is 0 Å². The van der Waals surface area contributed by atoms with E-state index in [4.69, 9.17) is 4.74 Å². The van der Waals surface area contributed by atoms with Crippen molar-refractivity contribution in [2.24, 2.45) is 0 Å². The lowest BCUT2D eigenvalue weighted by Gasteiger charge is -2.28. The lowest BCUT2D eigenvalue weighted by Crippen LogP contribution is -2.35. The zero-order chi connectivity index (χ0) is 23.0. The van der Waals surface area contributed by atoms with Gasteiger partial charge in [-0.1, -0.05) is 36.4 Å². The van der Waals surface area contributed by atoms with Crippen LogP contribution in [0.2, 0.25) is 0 Å². The fourth-order valence-electron chi connectivity index (χ4n) is 4.47. The van der Waals surface area contributed by atoms with Crippen LogP contribution in [0.15, 0.2) is 53.4 Å². The summed E-state index contributed by atoms with van der Waals surface area (Å²) >= 11 is 1.73. The molecule has 0 aliphatic carbocycles. The lowest BCUT2D eigenvalue weighted by molar-refractivity contribution is -0.123. The number of nitrogens with zero attached hydrogens (tertiary/aromatic N) is 3. The summed E-state index contributed by atoms with van der Waals surface area (Å²) in [4.78, 5) is 18.2. The van der Waals surface area contributed by atoms with E-state index in [1.807, 2.05) is 18.2 Å². The molecule has 1 unspecified atom stereocenters. The van der Waals surface area contributed by atoms with Gasteiger partial charge in [0, 0.05) is 45.3 Å². The molecule has 0 bridgehead atoms. The summed E-state index contributed by atoms with van der Waals surface area (Å²) in [6.07, 6.45) is 3.23. The average Bonchev–Trinajstić information content (AvgIpc) is 3.30. The summed E-state index contributed by atoms with van der Waals surface area (Å²) in [5.41, 5.74) is 2.91. The molecule has 1 atom stereocenters. The molecule has 2 aliphatic heterocycles. The summed E-state index contributed by atoms with van der Waals surface area (Å²) in [6.45, 7) is 5.92. The fourth-order valence-corrected chi connectivity index (χ4v) is 5.55. The van der Waals surface area contributed by atoms with Gasteiger partial charge in [-0.25, -0.2) is 4.31 Å². The molecular formula is C26H36N4O2S. The van der Waals surface area contributed by atoms with E-state index in [1.54, 1.807) is 11.9 Å². The molecule has 2 aromatic carbocycles. The number of likely N-dealkylation sites (N-methyl/N-ethyl adjacent to an activating group) is 1. The summed E-state index contributed by atoms with van der Waals surface area (Å²) in [7, 11) is 4.28. The second kappa shape index (κ2) is 11.9. The van der Waals surface area contributed by atoms with Crippen molar-refractivity contribution in [2.45, 2.75) is 36.7 Å². The highest BCUT2D eigenvalue weighted by atomic mass is 32.2. The first-order valence-electron chi connectivity index (χ1n) is 12.0. The van der Waals surface area contributed by atoms with Crippen molar-refractivity contribution in [3.63, 3.8) is 0 Å². The molecule has 2 aliphatic rings. The van der Waals surface area contributed by atoms with Gasteiger partial charge < -0.3 is 15.0 Å². The van der Waals surface area contributed by atoms with Crippen LogP contribution in [0.25, 0.3) is 0 Å². The van der Waals surface area contributed by atoms with Crippen LogP contribution in [0.1, 0.15) is 24.0 Å². The highest BCUT2D eigenvalue weighted by molar-refractivity contribution is 7.97. The van der Waals surface area contributed by atoms with E-state index in [9.17, 15) is 4.79 Å². The third-order valence-electron chi connectivity index (χ3n) is 6.47. The van der Waals surface area contributed by atoms with E-state index in [0.717, 1.165) is 56.2 Å². The molecule has 1 N–H and O–H groups in total.